The molecule has 4 aromatic rings. The fraction of sp³-hybridized carbons (Fsp3) is 0.227. The summed E-state index contributed by atoms with van der Waals surface area (Å²) in [4.78, 5) is 21.9. The summed E-state index contributed by atoms with van der Waals surface area (Å²) in [5.74, 6) is -0.766. The van der Waals surface area contributed by atoms with E-state index in [1.54, 1.807) is 24.3 Å². The summed E-state index contributed by atoms with van der Waals surface area (Å²) in [6.45, 7) is 2.16. The predicted molar refractivity (Wildman–Crippen MR) is 111 cm³/mol. The van der Waals surface area contributed by atoms with Gasteiger partial charge in [-0.25, -0.2) is 14.8 Å². The van der Waals surface area contributed by atoms with Gasteiger partial charge in [-0.15, -0.1) is 0 Å². The van der Waals surface area contributed by atoms with E-state index in [0.29, 0.717) is 17.5 Å². The van der Waals surface area contributed by atoms with Crippen LogP contribution in [0.4, 0.5) is 19.0 Å². The average Bonchev–Trinajstić information content (AvgIpc) is 3.02. The number of hydrogen-bond donors (Lipinski definition) is 1. The second-order valence-corrected chi connectivity index (χ2v) is 7.02. The van der Waals surface area contributed by atoms with Crippen LogP contribution < -0.4 is 5.73 Å². The summed E-state index contributed by atoms with van der Waals surface area (Å²) in [7, 11) is 0. The van der Waals surface area contributed by atoms with Crippen LogP contribution in [-0.4, -0.2) is 27.1 Å². The van der Waals surface area contributed by atoms with Crippen molar-refractivity contribution in [3.8, 4) is 5.69 Å². The maximum absolute atomic E-state index is 13.3. The molecule has 0 fully saturated rings. The molecule has 0 radical (unpaired) electrons. The smallest absolute Gasteiger partial charge is 0.416 e. The highest BCUT2D eigenvalue weighted by Crippen LogP contribution is 2.34. The number of carbonyl (C=O) groups is 1. The number of para-hydroxylation sites is 2. The summed E-state index contributed by atoms with van der Waals surface area (Å²) in [6.07, 6.45) is -3.03. The minimum absolute atomic E-state index is 0.0123. The summed E-state index contributed by atoms with van der Waals surface area (Å²) in [6, 6.07) is 11.7. The lowest BCUT2D eigenvalue weighted by Crippen LogP contribution is -2.11. The minimum Gasteiger partial charge on any atom is -0.462 e. The molecule has 0 bridgehead atoms. The number of benzene rings is 2. The molecule has 160 valence electrons. The van der Waals surface area contributed by atoms with Crippen molar-refractivity contribution in [1.82, 2.24) is 14.5 Å². The molecule has 0 aliphatic heterocycles. The fourth-order valence-corrected chi connectivity index (χ4v) is 3.33. The Balaban J connectivity index is 1.98. The van der Waals surface area contributed by atoms with Crippen molar-refractivity contribution in [1.29, 1.82) is 0 Å². The van der Waals surface area contributed by atoms with Crippen molar-refractivity contribution < 1.29 is 22.7 Å². The van der Waals surface area contributed by atoms with Gasteiger partial charge in [0.2, 0.25) is 0 Å². The number of nitrogens with two attached hydrogens (primary N) is 1. The number of anilines is 1. The number of esters is 1. The Kier molecular flexibility index (Phi) is 5.26. The zero-order chi connectivity index (χ0) is 22.2. The molecule has 2 aromatic carbocycles. The highest BCUT2D eigenvalue weighted by Gasteiger charge is 2.32. The van der Waals surface area contributed by atoms with Crippen LogP contribution in [0, 0.1) is 0 Å². The van der Waals surface area contributed by atoms with Crippen molar-refractivity contribution in [2.45, 2.75) is 25.9 Å². The highest BCUT2D eigenvalue weighted by molar-refractivity contribution is 6.09. The van der Waals surface area contributed by atoms with Gasteiger partial charge < -0.3 is 10.5 Å². The average molecular weight is 428 g/mol. The molecule has 2 aromatic heterocycles. The SMILES string of the molecule is CCCCOC(=O)c1c(N)n(-c2cccc(C(F)(F)F)c2)c2nc3ccccc3nc12. The van der Waals surface area contributed by atoms with E-state index in [0.717, 1.165) is 18.6 Å². The van der Waals surface area contributed by atoms with Gasteiger partial charge in [0.25, 0.3) is 0 Å². The topological polar surface area (TPSA) is 83.0 Å². The number of aromatic nitrogens is 3. The molecule has 0 aliphatic rings. The minimum atomic E-state index is -4.53. The Morgan fingerprint density at radius 2 is 1.81 bits per heavy atom. The van der Waals surface area contributed by atoms with Crippen molar-refractivity contribution in [3.05, 3.63) is 59.7 Å². The van der Waals surface area contributed by atoms with Crippen LogP contribution in [0.5, 0.6) is 0 Å². The Labute approximate surface area is 175 Å². The molecule has 0 saturated carbocycles. The van der Waals surface area contributed by atoms with Crippen molar-refractivity contribution in [2.24, 2.45) is 0 Å². The molecule has 0 saturated heterocycles. The first kappa shape index (κ1) is 20.6. The lowest BCUT2D eigenvalue weighted by atomic mass is 10.2. The molecule has 2 N–H and O–H groups in total. The van der Waals surface area contributed by atoms with Crippen molar-refractivity contribution >= 4 is 34.0 Å². The third kappa shape index (κ3) is 3.78. The number of fused-ring (bicyclic) bond motifs is 2. The number of nitrogen functional groups attached to an aromatic ring is 1. The van der Waals surface area contributed by atoms with E-state index in [1.807, 2.05) is 6.92 Å². The maximum atomic E-state index is 13.3. The van der Waals surface area contributed by atoms with Gasteiger partial charge >= 0.3 is 12.1 Å². The lowest BCUT2D eigenvalue weighted by molar-refractivity contribution is -0.137. The van der Waals surface area contributed by atoms with Gasteiger partial charge in [-0.05, 0) is 36.8 Å². The number of hydrogen-bond acceptors (Lipinski definition) is 5. The van der Waals surface area contributed by atoms with Crippen LogP contribution in [0.3, 0.4) is 0 Å². The second kappa shape index (κ2) is 7.90. The molecule has 0 amide bonds. The Hall–Kier alpha value is -3.62. The Bertz CT molecular complexity index is 1280. The highest BCUT2D eigenvalue weighted by atomic mass is 19.4. The van der Waals surface area contributed by atoms with Crippen molar-refractivity contribution in [2.75, 3.05) is 12.3 Å². The molecular formula is C22H19F3N4O2. The van der Waals surface area contributed by atoms with Crippen LogP contribution in [0.15, 0.2) is 48.5 Å². The number of rotatable bonds is 5. The maximum Gasteiger partial charge on any atom is 0.416 e. The van der Waals surface area contributed by atoms with Gasteiger partial charge in [-0.1, -0.05) is 31.5 Å². The van der Waals surface area contributed by atoms with E-state index < -0.39 is 17.7 Å². The number of halogens is 3. The number of unbranched alkanes of at least 4 members (excludes halogenated alkanes) is 1. The molecule has 31 heavy (non-hydrogen) atoms. The molecule has 0 atom stereocenters. The molecule has 6 nitrogen and oxygen atoms in total. The summed E-state index contributed by atoms with van der Waals surface area (Å²) < 4.78 is 46.4. The van der Waals surface area contributed by atoms with E-state index >= 15 is 0 Å². The first-order valence-corrected chi connectivity index (χ1v) is 9.72. The Morgan fingerprint density at radius 1 is 1.10 bits per heavy atom. The molecule has 9 heteroatoms. The van der Waals surface area contributed by atoms with Gasteiger partial charge in [-0.2, -0.15) is 13.2 Å². The lowest BCUT2D eigenvalue weighted by Gasteiger charge is -2.11. The largest absolute Gasteiger partial charge is 0.462 e. The van der Waals surface area contributed by atoms with Crippen LogP contribution in [0.1, 0.15) is 35.7 Å². The van der Waals surface area contributed by atoms with Gasteiger partial charge in [0.15, 0.2) is 5.65 Å². The Morgan fingerprint density at radius 3 is 2.48 bits per heavy atom. The monoisotopic (exact) mass is 428 g/mol. The summed E-state index contributed by atoms with van der Waals surface area (Å²) in [5.41, 5.74) is 6.94. The number of nitrogens with zero attached hydrogens (tertiary/aromatic N) is 3. The van der Waals surface area contributed by atoms with Gasteiger partial charge in [0, 0.05) is 5.69 Å². The summed E-state index contributed by atoms with van der Waals surface area (Å²) in [5, 5.41) is 0. The number of alkyl halides is 3. The second-order valence-electron chi connectivity index (χ2n) is 7.02. The predicted octanol–water partition coefficient (Wildman–Crippen LogP) is 5.13. The fourth-order valence-electron chi connectivity index (χ4n) is 3.33. The van der Waals surface area contributed by atoms with E-state index in [2.05, 4.69) is 9.97 Å². The molecule has 0 spiro atoms. The van der Waals surface area contributed by atoms with Gasteiger partial charge in [0.05, 0.1) is 23.2 Å². The number of carbonyl (C=O) groups excluding carboxylic acids is 1. The van der Waals surface area contributed by atoms with Crippen LogP contribution in [0.25, 0.3) is 27.9 Å². The zero-order valence-corrected chi connectivity index (χ0v) is 16.6. The molecular weight excluding hydrogens is 409 g/mol. The molecule has 2 heterocycles. The van der Waals surface area contributed by atoms with E-state index in [-0.39, 0.29) is 34.8 Å². The van der Waals surface area contributed by atoms with Crippen LogP contribution in [-0.2, 0) is 10.9 Å². The molecule has 4 rings (SSSR count). The first-order chi connectivity index (χ1) is 14.8. The zero-order valence-electron chi connectivity index (χ0n) is 16.6. The van der Waals surface area contributed by atoms with Crippen LogP contribution >= 0.6 is 0 Å². The third-order valence-corrected chi connectivity index (χ3v) is 4.86. The number of ether oxygens (including phenoxy) is 1. The van der Waals surface area contributed by atoms with Gasteiger partial charge in [-0.3, -0.25) is 4.57 Å². The standard InChI is InChI=1S/C22H19F3N4O2/c1-2-3-11-31-21(30)17-18-20(28-16-10-5-4-9-15(16)27-18)29(19(17)26)14-8-6-7-13(12-14)22(23,24)25/h4-10,12H,2-3,11,26H2,1H3. The summed E-state index contributed by atoms with van der Waals surface area (Å²) >= 11 is 0. The van der Waals surface area contributed by atoms with E-state index in [9.17, 15) is 18.0 Å². The quantitative estimate of drug-likeness (QED) is 0.352. The van der Waals surface area contributed by atoms with Gasteiger partial charge in [0.1, 0.15) is 16.9 Å². The van der Waals surface area contributed by atoms with Crippen molar-refractivity contribution in [3.63, 3.8) is 0 Å². The third-order valence-electron chi connectivity index (χ3n) is 4.86. The molecule has 0 aliphatic carbocycles. The van der Waals surface area contributed by atoms with Crippen LogP contribution in [0.2, 0.25) is 0 Å². The van der Waals surface area contributed by atoms with E-state index in [1.165, 1.54) is 16.7 Å². The first-order valence-electron chi connectivity index (χ1n) is 9.72. The molecule has 0 unspecified atom stereocenters. The van der Waals surface area contributed by atoms with E-state index in [4.69, 9.17) is 10.5 Å². The normalized spacial score (nSPS) is 11.9.